The molecule has 1 N–H and O–H groups in total. The molecule has 2 aliphatic rings. The number of para-hydroxylation sites is 1. The summed E-state index contributed by atoms with van der Waals surface area (Å²) in [4.78, 5) is 24.5. The van der Waals surface area contributed by atoms with Gasteiger partial charge >= 0.3 is 11.9 Å². The summed E-state index contributed by atoms with van der Waals surface area (Å²) < 4.78 is 23.4. The number of carbonyl (C=O) groups excluding carboxylic acids is 2. The molecule has 2 aliphatic heterocycles. The van der Waals surface area contributed by atoms with Crippen molar-refractivity contribution in [2.24, 2.45) is 0 Å². The number of hydrogen-bond acceptors (Lipinski definition) is 9. The largest absolute Gasteiger partial charge is 0.454 e. The highest BCUT2D eigenvalue weighted by Gasteiger charge is 2.59. The standard InChI is InChI=1S/C22H19N3O7/c26-16-17-18(19(21(28)30-17)31-20(27)13-7-3-1-4-8-13)32-22(16)29-12-14-11-25(24-23-14)15-9-5-2-6-10-15/h1-11,16-19,22,26H,12H2/t16-,17-,18+,19+,22-/m0/s1. The maximum absolute atomic E-state index is 12.3. The Labute approximate surface area is 182 Å². The van der Waals surface area contributed by atoms with Crippen LogP contribution in [0.4, 0.5) is 0 Å². The molecule has 5 atom stereocenters. The Hall–Kier alpha value is -3.60. The second-order valence-electron chi connectivity index (χ2n) is 7.35. The number of carbonyl (C=O) groups is 2. The van der Waals surface area contributed by atoms with Crippen molar-refractivity contribution in [2.75, 3.05) is 0 Å². The van der Waals surface area contributed by atoms with E-state index in [2.05, 4.69) is 10.3 Å². The summed E-state index contributed by atoms with van der Waals surface area (Å²) in [5.41, 5.74) is 1.65. The lowest BCUT2D eigenvalue weighted by Gasteiger charge is -2.18. The average molecular weight is 437 g/mol. The Morgan fingerprint density at radius 3 is 2.53 bits per heavy atom. The first kappa shape index (κ1) is 20.3. The molecular formula is C22H19N3O7. The molecule has 0 spiro atoms. The number of aromatic nitrogens is 3. The summed E-state index contributed by atoms with van der Waals surface area (Å²) in [7, 11) is 0. The van der Waals surface area contributed by atoms with Crippen LogP contribution < -0.4 is 0 Å². The first-order valence-corrected chi connectivity index (χ1v) is 9.98. The van der Waals surface area contributed by atoms with Crippen molar-refractivity contribution in [3.8, 4) is 5.69 Å². The molecular weight excluding hydrogens is 418 g/mol. The molecule has 0 bridgehead atoms. The van der Waals surface area contributed by atoms with Gasteiger partial charge in [0.2, 0.25) is 6.10 Å². The molecule has 32 heavy (non-hydrogen) atoms. The first-order valence-electron chi connectivity index (χ1n) is 9.98. The summed E-state index contributed by atoms with van der Waals surface area (Å²) in [6, 6.07) is 17.7. The van der Waals surface area contributed by atoms with Crippen molar-refractivity contribution >= 4 is 11.9 Å². The number of rotatable bonds is 6. The Morgan fingerprint density at radius 1 is 1.06 bits per heavy atom. The van der Waals surface area contributed by atoms with Crippen LogP contribution in [0.1, 0.15) is 16.1 Å². The number of nitrogens with zero attached hydrogens (tertiary/aromatic N) is 3. The SMILES string of the molecule is O=C(O[C@H]1C(=O)O[C@H]2[C@H](O)[C@@H](OCc3cn(-c4ccccc4)nn3)O[C@H]21)c1ccccc1. The van der Waals surface area contributed by atoms with Crippen LogP contribution >= 0.6 is 0 Å². The van der Waals surface area contributed by atoms with Crippen LogP contribution in [-0.2, 0) is 30.3 Å². The van der Waals surface area contributed by atoms with E-state index in [1.165, 1.54) is 0 Å². The fraction of sp³-hybridized carbons (Fsp3) is 0.273. The van der Waals surface area contributed by atoms with E-state index < -0.39 is 42.6 Å². The van der Waals surface area contributed by atoms with Crippen molar-refractivity contribution in [1.82, 2.24) is 15.0 Å². The predicted molar refractivity (Wildman–Crippen MR) is 106 cm³/mol. The molecule has 5 rings (SSSR count). The summed E-state index contributed by atoms with van der Waals surface area (Å²) in [6.45, 7) is 0.0103. The highest BCUT2D eigenvalue weighted by Crippen LogP contribution is 2.34. The molecule has 0 unspecified atom stereocenters. The van der Waals surface area contributed by atoms with Gasteiger partial charge in [0.25, 0.3) is 0 Å². The van der Waals surface area contributed by atoms with E-state index in [-0.39, 0.29) is 12.2 Å². The number of ether oxygens (including phenoxy) is 4. The van der Waals surface area contributed by atoms with Gasteiger partial charge < -0.3 is 24.1 Å². The van der Waals surface area contributed by atoms with E-state index in [1.807, 2.05) is 30.3 Å². The maximum Gasteiger partial charge on any atom is 0.350 e. The van der Waals surface area contributed by atoms with Crippen molar-refractivity contribution in [2.45, 2.75) is 37.3 Å². The van der Waals surface area contributed by atoms with Crippen molar-refractivity contribution in [1.29, 1.82) is 0 Å². The summed E-state index contributed by atoms with van der Waals surface area (Å²) in [6.07, 6.45) is -3.90. The first-order chi connectivity index (χ1) is 15.6. The second-order valence-corrected chi connectivity index (χ2v) is 7.35. The number of hydrogen-bond donors (Lipinski definition) is 1. The molecule has 0 saturated carbocycles. The molecule has 0 radical (unpaired) electrons. The van der Waals surface area contributed by atoms with Crippen molar-refractivity contribution in [3.63, 3.8) is 0 Å². The third-order valence-corrected chi connectivity index (χ3v) is 5.21. The van der Waals surface area contributed by atoms with Crippen LogP contribution in [0, 0.1) is 0 Å². The van der Waals surface area contributed by atoms with Gasteiger partial charge in [-0.3, -0.25) is 0 Å². The summed E-state index contributed by atoms with van der Waals surface area (Å²) >= 11 is 0. The van der Waals surface area contributed by atoms with Gasteiger partial charge in [0.1, 0.15) is 17.9 Å². The summed E-state index contributed by atoms with van der Waals surface area (Å²) in [5.74, 6) is -1.46. The zero-order valence-corrected chi connectivity index (χ0v) is 16.7. The molecule has 3 aromatic rings. The van der Waals surface area contributed by atoms with E-state index in [1.54, 1.807) is 41.2 Å². The topological polar surface area (TPSA) is 122 Å². The number of fused-ring (bicyclic) bond motifs is 1. The molecule has 164 valence electrons. The highest BCUT2D eigenvalue weighted by atomic mass is 16.7. The molecule has 10 nitrogen and oxygen atoms in total. The Balaban J connectivity index is 1.21. The lowest BCUT2D eigenvalue weighted by Crippen LogP contribution is -2.35. The molecule has 10 heteroatoms. The second kappa shape index (κ2) is 8.50. The third-order valence-electron chi connectivity index (χ3n) is 5.21. The highest BCUT2D eigenvalue weighted by molar-refractivity contribution is 5.92. The molecule has 0 amide bonds. The van der Waals surface area contributed by atoms with Crippen LogP contribution in [0.2, 0.25) is 0 Å². The van der Waals surface area contributed by atoms with Crippen LogP contribution in [0.25, 0.3) is 5.69 Å². The number of aliphatic hydroxyl groups is 1. The molecule has 2 saturated heterocycles. The van der Waals surface area contributed by atoms with E-state index in [9.17, 15) is 14.7 Å². The van der Waals surface area contributed by atoms with Gasteiger partial charge in [-0.25, -0.2) is 14.3 Å². The maximum atomic E-state index is 12.3. The van der Waals surface area contributed by atoms with Crippen LogP contribution in [0.3, 0.4) is 0 Å². The van der Waals surface area contributed by atoms with Crippen LogP contribution in [0.5, 0.6) is 0 Å². The molecule has 3 heterocycles. The van der Waals surface area contributed by atoms with Crippen LogP contribution in [-0.4, -0.2) is 62.7 Å². The summed E-state index contributed by atoms with van der Waals surface area (Å²) in [5, 5.41) is 18.6. The van der Waals surface area contributed by atoms with Gasteiger partial charge in [-0.15, -0.1) is 5.10 Å². The lowest BCUT2D eigenvalue weighted by molar-refractivity contribution is -0.191. The molecule has 2 aromatic carbocycles. The lowest BCUT2D eigenvalue weighted by atomic mass is 10.1. The van der Waals surface area contributed by atoms with Crippen molar-refractivity contribution in [3.05, 3.63) is 78.1 Å². The van der Waals surface area contributed by atoms with E-state index >= 15 is 0 Å². The van der Waals surface area contributed by atoms with E-state index in [0.717, 1.165) is 5.69 Å². The van der Waals surface area contributed by atoms with Gasteiger partial charge in [-0.1, -0.05) is 41.6 Å². The molecule has 0 aliphatic carbocycles. The molecule has 1 aromatic heterocycles. The average Bonchev–Trinajstić information content (AvgIpc) is 3.50. The third kappa shape index (κ3) is 3.86. The van der Waals surface area contributed by atoms with Gasteiger partial charge in [-0.05, 0) is 24.3 Å². The minimum atomic E-state index is -1.30. The fourth-order valence-corrected chi connectivity index (χ4v) is 3.63. The van der Waals surface area contributed by atoms with Gasteiger partial charge in [0.15, 0.2) is 12.4 Å². The Morgan fingerprint density at radius 2 is 1.78 bits per heavy atom. The smallest absolute Gasteiger partial charge is 0.350 e. The number of aliphatic hydroxyl groups excluding tert-OH is 1. The zero-order valence-electron chi connectivity index (χ0n) is 16.7. The van der Waals surface area contributed by atoms with Crippen molar-refractivity contribution < 1.29 is 33.6 Å². The normalized spacial score (nSPS) is 26.5. The van der Waals surface area contributed by atoms with Gasteiger partial charge in [-0.2, -0.15) is 0 Å². The Bertz CT molecular complexity index is 1100. The predicted octanol–water partition coefficient (Wildman–Crippen LogP) is 1.02. The minimum absolute atomic E-state index is 0.0103. The monoisotopic (exact) mass is 437 g/mol. The van der Waals surface area contributed by atoms with Gasteiger partial charge in [0, 0.05) is 0 Å². The zero-order chi connectivity index (χ0) is 22.1. The van der Waals surface area contributed by atoms with E-state index in [0.29, 0.717) is 5.69 Å². The fourth-order valence-electron chi connectivity index (χ4n) is 3.63. The number of benzene rings is 2. The van der Waals surface area contributed by atoms with E-state index in [4.69, 9.17) is 18.9 Å². The Kier molecular flexibility index (Phi) is 5.39. The number of esters is 2. The quantitative estimate of drug-likeness (QED) is 0.563. The molecule has 2 fully saturated rings. The minimum Gasteiger partial charge on any atom is -0.454 e. The van der Waals surface area contributed by atoms with Crippen LogP contribution in [0.15, 0.2) is 66.9 Å². The van der Waals surface area contributed by atoms with Gasteiger partial charge in [0.05, 0.1) is 24.1 Å².